The molecule has 0 rings (SSSR count). The number of rotatable bonds is 2. The number of hydrogen-bond acceptors (Lipinski definition) is 0. The molecule has 0 aromatic heterocycles. The van der Waals surface area contributed by atoms with Gasteiger partial charge in [-0.1, -0.05) is 0 Å². The Balaban J connectivity index is 3.27. The molecule has 0 amide bonds. The Bertz CT molecular complexity index is 94.3. The van der Waals surface area contributed by atoms with E-state index in [2.05, 4.69) is 20.5 Å². The molecule has 0 fully saturated rings. The van der Waals surface area contributed by atoms with E-state index in [9.17, 15) is 0 Å². The second-order valence-electron chi connectivity index (χ2n) is 1.03. The fourth-order valence-corrected chi connectivity index (χ4v) is 0.486. The van der Waals surface area contributed by atoms with Gasteiger partial charge in [0.2, 0.25) is 0 Å². The molecule has 0 aromatic rings. The van der Waals surface area contributed by atoms with Gasteiger partial charge in [-0.15, -0.1) is 0 Å². The summed E-state index contributed by atoms with van der Waals surface area (Å²) < 4.78 is 0. The number of hydrogen-bond donors (Lipinski definition) is 0. The Morgan fingerprint density at radius 3 is 2.57 bits per heavy atom. The van der Waals surface area contributed by atoms with Crippen LogP contribution in [0.3, 0.4) is 0 Å². The zero-order chi connectivity index (χ0) is 5.54. The van der Waals surface area contributed by atoms with Gasteiger partial charge in [-0.3, -0.25) is 0 Å². The zero-order valence-corrected chi connectivity index (χ0v) is 5.36. The van der Waals surface area contributed by atoms with E-state index in [0.29, 0.717) is 0 Å². The second kappa shape index (κ2) is 6.62. The van der Waals surface area contributed by atoms with Gasteiger partial charge >= 0.3 is 48.7 Å². The summed E-state index contributed by atoms with van der Waals surface area (Å²) in [6.45, 7) is 9.79. The molecule has 0 aliphatic heterocycles. The van der Waals surface area contributed by atoms with Crippen molar-refractivity contribution in [3.63, 3.8) is 0 Å². The van der Waals surface area contributed by atoms with Crippen molar-refractivity contribution in [1.82, 2.24) is 0 Å². The topological polar surface area (TPSA) is 0 Å². The summed E-state index contributed by atoms with van der Waals surface area (Å²) in [5.41, 5.74) is 0. The van der Waals surface area contributed by atoms with E-state index in [1.54, 1.807) is 6.69 Å². The standard InChI is InChI=1S/CH4B5P/c1-7-6-5-4-3-2/h2H,1H3. The van der Waals surface area contributed by atoms with Gasteiger partial charge in [0.1, 0.15) is 0 Å². The van der Waals surface area contributed by atoms with Crippen molar-refractivity contribution in [2.24, 2.45) is 0 Å². The maximum absolute atomic E-state index is 3.52. The van der Waals surface area contributed by atoms with Crippen molar-refractivity contribution < 1.29 is 0 Å². The van der Waals surface area contributed by atoms with E-state index < -0.39 is 0 Å². The van der Waals surface area contributed by atoms with E-state index in [-0.39, 0.29) is 0 Å². The molecule has 0 aliphatic carbocycles. The summed E-state index contributed by atoms with van der Waals surface area (Å²) >= 11 is 0. The SMILES string of the molecule is B=BB=BB=PC. The minimum atomic E-state index is 1.30. The van der Waals surface area contributed by atoms with Crippen LogP contribution in [-0.2, 0) is 0 Å². The fourth-order valence-electron chi connectivity index (χ4n) is 0.214. The van der Waals surface area contributed by atoms with Gasteiger partial charge in [-0.25, -0.2) is 0 Å². The average Bonchev–Trinajstić information content (AvgIpc) is 1.69. The molecule has 28 valence electrons. The van der Waals surface area contributed by atoms with Crippen molar-refractivity contribution in [3.05, 3.63) is 0 Å². The third-order valence-electron chi connectivity index (χ3n) is 0.482. The molecule has 7 heavy (non-hydrogen) atoms. The van der Waals surface area contributed by atoms with Crippen molar-refractivity contribution >= 4 is 42.0 Å². The maximum atomic E-state index is 3.52. The van der Waals surface area contributed by atoms with Crippen LogP contribution < -0.4 is 0 Å². The molecule has 0 saturated heterocycles. The molecular weight excluding hydrogens is 97.0 g/mol. The second-order valence-corrected chi connectivity index (χ2v) is 1.84. The fraction of sp³-hybridized carbons (Fsp3) is 1.00. The van der Waals surface area contributed by atoms with Crippen LogP contribution in [-0.4, -0.2) is 40.6 Å². The van der Waals surface area contributed by atoms with Crippen LogP contribution in [0.4, 0.5) is 0 Å². The molecule has 0 nitrogen and oxygen atoms in total. The summed E-state index contributed by atoms with van der Waals surface area (Å²) in [6, 6.07) is 0. The Labute approximate surface area is 49.4 Å². The van der Waals surface area contributed by atoms with Gasteiger partial charge in [-0.2, -0.15) is 0 Å². The van der Waals surface area contributed by atoms with Crippen molar-refractivity contribution in [1.29, 1.82) is 0 Å². The van der Waals surface area contributed by atoms with E-state index >= 15 is 0 Å². The van der Waals surface area contributed by atoms with Gasteiger partial charge in [-0.05, 0) is 0 Å². The summed E-state index contributed by atoms with van der Waals surface area (Å²) in [7, 11) is 4.82. The van der Waals surface area contributed by atoms with Crippen LogP contribution in [0.2, 0.25) is 0 Å². The summed E-state index contributed by atoms with van der Waals surface area (Å²) in [5, 5.41) is 0. The van der Waals surface area contributed by atoms with Crippen LogP contribution in [0.15, 0.2) is 0 Å². The molecule has 0 bridgehead atoms. The van der Waals surface area contributed by atoms with Gasteiger partial charge in [0.05, 0.1) is 0 Å². The Morgan fingerprint density at radius 2 is 2.14 bits per heavy atom. The van der Waals surface area contributed by atoms with Crippen molar-refractivity contribution in [3.8, 4) is 0 Å². The van der Waals surface area contributed by atoms with Crippen LogP contribution >= 0.6 is 8.07 Å². The van der Waals surface area contributed by atoms with E-state index in [1.165, 1.54) is 8.07 Å². The van der Waals surface area contributed by atoms with Gasteiger partial charge in [0.15, 0.2) is 0 Å². The van der Waals surface area contributed by atoms with Crippen LogP contribution in [0.25, 0.3) is 0 Å². The predicted octanol–water partition coefficient (Wildman–Crippen LogP) is -1.15. The first kappa shape index (κ1) is 7.62. The Morgan fingerprint density at radius 1 is 1.43 bits per heavy atom. The third-order valence-corrected chi connectivity index (χ3v) is 0.953. The molecule has 0 saturated carbocycles. The summed E-state index contributed by atoms with van der Waals surface area (Å²) in [4.78, 5) is 0. The normalized spacial score (nSPS) is 6.86. The van der Waals surface area contributed by atoms with Crippen molar-refractivity contribution in [2.45, 2.75) is 0 Å². The van der Waals surface area contributed by atoms with E-state index in [4.69, 9.17) is 0 Å². The molecule has 0 atom stereocenters. The van der Waals surface area contributed by atoms with Crippen molar-refractivity contribution in [2.75, 3.05) is 6.66 Å². The van der Waals surface area contributed by atoms with Gasteiger partial charge < -0.3 is 0 Å². The molecule has 0 spiro atoms. The monoisotopic (exact) mass is 102 g/mol. The minimum absolute atomic E-state index is 1.30. The Kier molecular flexibility index (Phi) is 7.22. The zero-order valence-electron chi connectivity index (χ0n) is 4.46. The molecule has 0 N–H and O–H groups in total. The van der Waals surface area contributed by atoms with Gasteiger partial charge in [0, 0.05) is 0 Å². The molecule has 6 heteroatoms. The average molecular weight is 101 g/mol. The van der Waals surface area contributed by atoms with E-state index in [0.717, 1.165) is 0 Å². The summed E-state index contributed by atoms with van der Waals surface area (Å²) in [5.74, 6) is 0. The predicted molar refractivity (Wildman–Crippen MR) is 43.0 cm³/mol. The first-order chi connectivity index (χ1) is 3.41. The molecule has 0 unspecified atom stereocenters. The molecular formula is CH4B5P. The molecule has 0 aliphatic rings. The molecule has 0 aromatic carbocycles. The molecule has 0 radical (unpaired) electrons. The first-order valence-electron chi connectivity index (χ1n) is 2.11. The third kappa shape index (κ3) is 6.62. The van der Waals surface area contributed by atoms with Gasteiger partial charge in [0.25, 0.3) is 0 Å². The summed E-state index contributed by atoms with van der Waals surface area (Å²) in [6.07, 6.45) is 0. The van der Waals surface area contributed by atoms with Crippen LogP contribution in [0.1, 0.15) is 0 Å². The molecule has 0 heterocycles. The van der Waals surface area contributed by atoms with Crippen LogP contribution in [0.5, 0.6) is 0 Å². The quantitative estimate of drug-likeness (QED) is 0.304. The Hall–Kier alpha value is 0.625. The first-order valence-corrected chi connectivity index (χ1v) is 3.52. The van der Waals surface area contributed by atoms with Crippen LogP contribution in [0, 0.1) is 0 Å². The van der Waals surface area contributed by atoms with E-state index in [1.807, 2.05) is 13.4 Å².